The number of nitrogens with one attached hydrogen (secondary N) is 1. The van der Waals surface area contributed by atoms with E-state index in [-0.39, 0.29) is 5.82 Å². The van der Waals surface area contributed by atoms with Crippen molar-refractivity contribution in [1.82, 2.24) is 10.2 Å². The van der Waals surface area contributed by atoms with Crippen LogP contribution in [-0.4, -0.2) is 38.8 Å². The molecule has 3 nitrogen and oxygen atoms in total. The van der Waals surface area contributed by atoms with Crippen LogP contribution in [0.5, 0.6) is 0 Å². The van der Waals surface area contributed by atoms with Crippen LogP contribution in [0.25, 0.3) is 0 Å². The van der Waals surface area contributed by atoms with Gasteiger partial charge in [-0.1, -0.05) is 12.1 Å². The summed E-state index contributed by atoms with van der Waals surface area (Å²) in [5, 5.41) is 3.10. The number of methoxy groups -OCH3 is 1. The molecule has 1 heterocycles. The van der Waals surface area contributed by atoms with Crippen molar-refractivity contribution in [3.8, 4) is 0 Å². The highest BCUT2D eigenvalue weighted by molar-refractivity contribution is 5.25. The Balaban J connectivity index is 1.92. The van der Waals surface area contributed by atoms with Gasteiger partial charge >= 0.3 is 0 Å². The zero-order valence-electron chi connectivity index (χ0n) is 12.5. The van der Waals surface area contributed by atoms with Crippen LogP contribution >= 0.6 is 0 Å². The second-order valence-electron chi connectivity index (χ2n) is 5.63. The van der Waals surface area contributed by atoms with Crippen molar-refractivity contribution in [1.29, 1.82) is 0 Å². The van der Waals surface area contributed by atoms with Gasteiger partial charge in [0.15, 0.2) is 0 Å². The summed E-state index contributed by atoms with van der Waals surface area (Å²) in [6, 6.07) is 5.41. The number of ether oxygens (including phenoxy) is 1. The lowest BCUT2D eigenvalue weighted by Crippen LogP contribution is -2.34. The summed E-state index contributed by atoms with van der Waals surface area (Å²) in [6.07, 6.45) is 2.29. The van der Waals surface area contributed by atoms with Crippen molar-refractivity contribution in [3.63, 3.8) is 0 Å². The Kier molecular flexibility index (Phi) is 5.95. The van der Waals surface area contributed by atoms with Gasteiger partial charge in [-0.25, -0.2) is 4.39 Å². The summed E-state index contributed by atoms with van der Waals surface area (Å²) in [6.45, 7) is 4.40. The van der Waals surface area contributed by atoms with E-state index in [0.717, 1.165) is 50.2 Å². The first-order chi connectivity index (χ1) is 9.72. The summed E-state index contributed by atoms with van der Waals surface area (Å²) >= 11 is 0. The van der Waals surface area contributed by atoms with Gasteiger partial charge in [0.25, 0.3) is 0 Å². The molecule has 2 rings (SSSR count). The van der Waals surface area contributed by atoms with Gasteiger partial charge in [-0.05, 0) is 50.5 Å². The second kappa shape index (κ2) is 7.72. The maximum atomic E-state index is 13.9. The minimum absolute atomic E-state index is 0.0936. The average molecular weight is 280 g/mol. The first-order valence-corrected chi connectivity index (χ1v) is 7.36. The summed E-state index contributed by atoms with van der Waals surface area (Å²) in [5.74, 6) is 0.570. The van der Waals surface area contributed by atoms with Crippen molar-refractivity contribution in [2.45, 2.75) is 25.9 Å². The third kappa shape index (κ3) is 4.27. The minimum Gasteiger partial charge on any atom is -0.384 e. The van der Waals surface area contributed by atoms with Gasteiger partial charge < -0.3 is 10.1 Å². The Morgan fingerprint density at radius 2 is 2.10 bits per heavy atom. The summed E-state index contributed by atoms with van der Waals surface area (Å²) in [4.78, 5) is 2.34. The number of hydrogen-bond acceptors (Lipinski definition) is 3. The zero-order chi connectivity index (χ0) is 14.4. The predicted molar refractivity (Wildman–Crippen MR) is 79.0 cm³/mol. The van der Waals surface area contributed by atoms with Gasteiger partial charge in [0.05, 0.1) is 0 Å². The molecule has 1 fully saturated rings. The second-order valence-corrected chi connectivity index (χ2v) is 5.63. The van der Waals surface area contributed by atoms with Gasteiger partial charge in [0.2, 0.25) is 0 Å². The van der Waals surface area contributed by atoms with Crippen LogP contribution in [-0.2, 0) is 17.8 Å². The summed E-state index contributed by atoms with van der Waals surface area (Å²) < 4.78 is 19.1. The highest BCUT2D eigenvalue weighted by Gasteiger charge is 2.19. The largest absolute Gasteiger partial charge is 0.384 e. The molecule has 0 aliphatic carbocycles. The number of benzene rings is 1. The van der Waals surface area contributed by atoms with Crippen LogP contribution in [0.15, 0.2) is 18.2 Å². The molecular weight excluding hydrogens is 255 g/mol. The van der Waals surface area contributed by atoms with E-state index in [0.29, 0.717) is 12.5 Å². The number of nitrogens with zero attached hydrogens (tertiary/aromatic N) is 1. The Labute approximate surface area is 121 Å². The van der Waals surface area contributed by atoms with E-state index in [9.17, 15) is 4.39 Å². The molecule has 0 atom stereocenters. The van der Waals surface area contributed by atoms with Crippen LogP contribution in [0.3, 0.4) is 0 Å². The first kappa shape index (κ1) is 15.4. The van der Waals surface area contributed by atoms with Crippen molar-refractivity contribution < 1.29 is 9.13 Å². The fraction of sp³-hybridized carbons (Fsp3) is 0.625. The zero-order valence-corrected chi connectivity index (χ0v) is 12.5. The Hall–Kier alpha value is -0.970. The molecule has 1 N–H and O–H groups in total. The van der Waals surface area contributed by atoms with Gasteiger partial charge in [0, 0.05) is 32.4 Å². The van der Waals surface area contributed by atoms with Gasteiger partial charge in [-0.3, -0.25) is 4.90 Å². The molecule has 0 radical (unpaired) electrons. The molecule has 0 bridgehead atoms. The number of halogens is 1. The molecule has 0 aromatic heterocycles. The van der Waals surface area contributed by atoms with Crippen molar-refractivity contribution in [3.05, 3.63) is 35.1 Å². The van der Waals surface area contributed by atoms with Gasteiger partial charge in [-0.2, -0.15) is 0 Å². The molecule has 0 spiro atoms. The van der Waals surface area contributed by atoms with Crippen LogP contribution in [0, 0.1) is 11.7 Å². The molecule has 0 amide bonds. The molecule has 4 heteroatoms. The molecule has 112 valence electrons. The number of piperidine rings is 1. The van der Waals surface area contributed by atoms with Crippen molar-refractivity contribution in [2.75, 3.05) is 33.9 Å². The molecule has 1 aliphatic heterocycles. The van der Waals surface area contributed by atoms with E-state index in [4.69, 9.17) is 4.74 Å². The van der Waals surface area contributed by atoms with E-state index in [1.807, 2.05) is 19.2 Å². The van der Waals surface area contributed by atoms with Crippen molar-refractivity contribution in [2.24, 2.45) is 5.92 Å². The fourth-order valence-corrected chi connectivity index (χ4v) is 2.85. The standard InChI is InChI=1S/C16H25FN2O/c1-18-10-14-3-4-16(17)15(9-14)11-19-7-5-13(6-8-19)12-20-2/h3-4,9,13,18H,5-8,10-12H2,1-2H3. The maximum absolute atomic E-state index is 13.9. The van der Waals surface area contributed by atoms with E-state index >= 15 is 0 Å². The lowest BCUT2D eigenvalue weighted by molar-refractivity contribution is 0.0963. The highest BCUT2D eigenvalue weighted by atomic mass is 19.1. The number of rotatable bonds is 6. The highest BCUT2D eigenvalue weighted by Crippen LogP contribution is 2.20. The molecule has 1 aromatic rings. The molecule has 1 saturated heterocycles. The molecular formula is C16H25FN2O. The lowest BCUT2D eigenvalue weighted by atomic mass is 9.97. The Morgan fingerprint density at radius 3 is 2.75 bits per heavy atom. The monoisotopic (exact) mass is 280 g/mol. The van der Waals surface area contributed by atoms with Crippen LogP contribution < -0.4 is 5.32 Å². The number of likely N-dealkylation sites (tertiary alicyclic amines) is 1. The molecule has 20 heavy (non-hydrogen) atoms. The quantitative estimate of drug-likeness (QED) is 0.866. The summed E-state index contributed by atoms with van der Waals surface area (Å²) in [5.41, 5.74) is 1.95. The van der Waals surface area contributed by atoms with E-state index in [2.05, 4.69) is 10.2 Å². The maximum Gasteiger partial charge on any atom is 0.127 e. The van der Waals surface area contributed by atoms with Gasteiger partial charge in [0.1, 0.15) is 5.82 Å². The van der Waals surface area contributed by atoms with Gasteiger partial charge in [-0.15, -0.1) is 0 Å². The summed E-state index contributed by atoms with van der Waals surface area (Å²) in [7, 11) is 3.67. The van der Waals surface area contributed by atoms with E-state index < -0.39 is 0 Å². The molecule has 1 aromatic carbocycles. The van der Waals surface area contributed by atoms with Crippen LogP contribution in [0.2, 0.25) is 0 Å². The fourth-order valence-electron chi connectivity index (χ4n) is 2.85. The molecule has 1 aliphatic rings. The lowest BCUT2D eigenvalue weighted by Gasteiger charge is -2.31. The third-order valence-electron chi connectivity index (χ3n) is 3.99. The SMILES string of the molecule is CNCc1ccc(F)c(CN2CCC(COC)CC2)c1. The topological polar surface area (TPSA) is 24.5 Å². The third-order valence-corrected chi connectivity index (χ3v) is 3.99. The smallest absolute Gasteiger partial charge is 0.127 e. The Bertz CT molecular complexity index is 417. The minimum atomic E-state index is -0.0936. The van der Waals surface area contributed by atoms with E-state index in [1.165, 1.54) is 0 Å². The van der Waals surface area contributed by atoms with E-state index in [1.54, 1.807) is 13.2 Å². The Morgan fingerprint density at radius 1 is 1.35 bits per heavy atom. The number of hydrogen-bond donors (Lipinski definition) is 1. The molecule has 0 saturated carbocycles. The average Bonchev–Trinajstić information content (AvgIpc) is 2.45. The first-order valence-electron chi connectivity index (χ1n) is 7.36. The van der Waals surface area contributed by atoms with Crippen molar-refractivity contribution >= 4 is 0 Å². The van der Waals surface area contributed by atoms with Crippen LogP contribution in [0.1, 0.15) is 24.0 Å². The normalized spacial score (nSPS) is 17.6. The molecule has 0 unspecified atom stereocenters. The van der Waals surface area contributed by atoms with Crippen LogP contribution in [0.4, 0.5) is 4.39 Å². The predicted octanol–water partition coefficient (Wildman–Crippen LogP) is 2.40.